The minimum Gasteiger partial charge on any atom is -0.325 e. The number of carbonyl (C=O) groups excluding carboxylic acids is 1. The Kier molecular flexibility index (Phi) is 7.41. The van der Waals surface area contributed by atoms with Crippen LogP contribution in [-0.4, -0.2) is 57.7 Å². The molecule has 0 aliphatic carbocycles. The molecule has 174 valence electrons. The molecule has 9 nitrogen and oxygen atoms in total. The van der Waals surface area contributed by atoms with Crippen LogP contribution < -0.4 is 5.32 Å². The number of carbonyl (C=O) groups is 1. The average Bonchev–Trinajstić information content (AvgIpc) is 3.09. The summed E-state index contributed by atoms with van der Waals surface area (Å²) in [6.07, 6.45) is 3.90. The molecule has 1 fully saturated rings. The van der Waals surface area contributed by atoms with E-state index in [2.05, 4.69) is 20.8 Å². The summed E-state index contributed by atoms with van der Waals surface area (Å²) in [5.41, 5.74) is 2.41. The first-order chi connectivity index (χ1) is 15.9. The fourth-order valence-electron chi connectivity index (χ4n) is 3.69. The van der Waals surface area contributed by atoms with E-state index in [1.807, 2.05) is 31.2 Å². The maximum absolute atomic E-state index is 12.9. The van der Waals surface area contributed by atoms with Crippen molar-refractivity contribution >= 4 is 33.4 Å². The fraction of sp³-hybridized carbons (Fsp3) is 0.364. The number of aromatic nitrogens is 4. The van der Waals surface area contributed by atoms with Crippen molar-refractivity contribution in [3.05, 3.63) is 54.1 Å². The van der Waals surface area contributed by atoms with E-state index in [0.29, 0.717) is 23.9 Å². The van der Waals surface area contributed by atoms with Crippen molar-refractivity contribution in [3.63, 3.8) is 0 Å². The highest BCUT2D eigenvalue weighted by molar-refractivity contribution is 7.99. The highest BCUT2D eigenvalue weighted by Crippen LogP contribution is 2.23. The summed E-state index contributed by atoms with van der Waals surface area (Å²) in [6, 6.07) is 14.0. The Balaban J connectivity index is 1.36. The normalized spacial score (nSPS) is 15.2. The van der Waals surface area contributed by atoms with Crippen molar-refractivity contribution in [2.45, 2.75) is 42.7 Å². The third kappa shape index (κ3) is 5.60. The molecule has 4 rings (SSSR count). The predicted molar refractivity (Wildman–Crippen MR) is 127 cm³/mol. The number of hydrogen-bond donors (Lipinski definition) is 1. The highest BCUT2D eigenvalue weighted by atomic mass is 32.2. The Hall–Kier alpha value is -2.76. The lowest BCUT2D eigenvalue weighted by Gasteiger charge is -2.20. The fourth-order valence-corrected chi connectivity index (χ4v) is 5.89. The van der Waals surface area contributed by atoms with Gasteiger partial charge >= 0.3 is 0 Å². The van der Waals surface area contributed by atoms with E-state index >= 15 is 0 Å². The van der Waals surface area contributed by atoms with Crippen molar-refractivity contribution in [2.24, 2.45) is 0 Å². The maximum Gasteiger partial charge on any atom is 0.243 e. The molecule has 1 aliphatic rings. The van der Waals surface area contributed by atoms with Gasteiger partial charge in [0.1, 0.15) is 0 Å². The van der Waals surface area contributed by atoms with Gasteiger partial charge < -0.3 is 5.32 Å². The first-order valence-electron chi connectivity index (χ1n) is 10.8. The van der Waals surface area contributed by atoms with Crippen LogP contribution in [0.15, 0.2) is 58.6 Å². The number of thioether (sulfide) groups is 1. The Morgan fingerprint density at radius 2 is 1.73 bits per heavy atom. The molecule has 2 aromatic carbocycles. The maximum atomic E-state index is 12.9. The largest absolute Gasteiger partial charge is 0.325 e. The van der Waals surface area contributed by atoms with Gasteiger partial charge in [0.25, 0.3) is 0 Å². The predicted octanol–water partition coefficient (Wildman–Crippen LogP) is 3.27. The molecule has 0 saturated carbocycles. The van der Waals surface area contributed by atoms with Gasteiger partial charge in [0.2, 0.25) is 21.1 Å². The number of sulfonamides is 1. The van der Waals surface area contributed by atoms with E-state index in [9.17, 15) is 13.2 Å². The van der Waals surface area contributed by atoms with Gasteiger partial charge in [-0.3, -0.25) is 4.79 Å². The number of nitrogens with zero attached hydrogens (tertiary/aromatic N) is 5. The van der Waals surface area contributed by atoms with Crippen LogP contribution in [0.1, 0.15) is 31.2 Å². The number of para-hydroxylation sites is 1. The summed E-state index contributed by atoms with van der Waals surface area (Å²) < 4.78 is 29.0. The van der Waals surface area contributed by atoms with Gasteiger partial charge in [-0.15, -0.1) is 5.10 Å². The van der Waals surface area contributed by atoms with Crippen molar-refractivity contribution in [1.82, 2.24) is 24.5 Å². The number of benzene rings is 2. The molecule has 0 radical (unpaired) electrons. The molecule has 2 heterocycles. The molecule has 11 heteroatoms. The number of anilines is 1. The molecular formula is C22H26N6O3S2. The van der Waals surface area contributed by atoms with E-state index in [1.54, 1.807) is 33.3 Å². The van der Waals surface area contributed by atoms with Gasteiger partial charge in [0.05, 0.1) is 16.3 Å². The van der Waals surface area contributed by atoms with Gasteiger partial charge in [-0.25, -0.2) is 8.42 Å². The van der Waals surface area contributed by atoms with Gasteiger partial charge in [-0.05, 0) is 66.1 Å². The zero-order valence-electron chi connectivity index (χ0n) is 18.3. The number of hydrogen-bond acceptors (Lipinski definition) is 7. The van der Waals surface area contributed by atoms with Crippen molar-refractivity contribution in [1.29, 1.82) is 0 Å². The molecule has 33 heavy (non-hydrogen) atoms. The summed E-state index contributed by atoms with van der Waals surface area (Å²) in [5.74, 6) is -0.123. The zero-order valence-corrected chi connectivity index (χ0v) is 20.0. The van der Waals surface area contributed by atoms with Crippen LogP contribution in [0, 0.1) is 6.92 Å². The molecule has 1 amide bonds. The molecule has 1 saturated heterocycles. The number of aryl methyl sites for hydroxylation is 1. The standard InChI is InChI=1S/C22H26N6O3S2/c1-17-8-4-5-9-20(17)28-22(24-25-26-28)32-16-21(29)23-18-10-12-19(13-11-18)33(30,31)27-14-6-2-3-7-15-27/h4-5,8-13H,2-3,6-7,14-16H2,1H3,(H,23,29). The smallest absolute Gasteiger partial charge is 0.243 e. The second kappa shape index (κ2) is 10.4. The topological polar surface area (TPSA) is 110 Å². The second-order valence-electron chi connectivity index (χ2n) is 7.84. The van der Waals surface area contributed by atoms with E-state index in [4.69, 9.17) is 0 Å². The molecular weight excluding hydrogens is 460 g/mol. The number of tetrazole rings is 1. The third-order valence-electron chi connectivity index (χ3n) is 5.46. The van der Waals surface area contributed by atoms with E-state index in [1.165, 1.54) is 11.8 Å². The van der Waals surface area contributed by atoms with Crippen LogP contribution in [0.5, 0.6) is 0 Å². The summed E-state index contributed by atoms with van der Waals surface area (Å²) in [4.78, 5) is 12.7. The Morgan fingerprint density at radius 3 is 2.42 bits per heavy atom. The van der Waals surface area contributed by atoms with Crippen LogP contribution in [-0.2, 0) is 14.8 Å². The van der Waals surface area contributed by atoms with Crippen molar-refractivity contribution in [2.75, 3.05) is 24.2 Å². The lowest BCUT2D eigenvalue weighted by molar-refractivity contribution is -0.113. The molecule has 1 aromatic heterocycles. The van der Waals surface area contributed by atoms with Crippen LogP contribution in [0.4, 0.5) is 5.69 Å². The monoisotopic (exact) mass is 486 g/mol. The van der Waals surface area contributed by atoms with Crippen LogP contribution in [0.2, 0.25) is 0 Å². The van der Waals surface area contributed by atoms with E-state index in [-0.39, 0.29) is 16.6 Å². The summed E-state index contributed by atoms with van der Waals surface area (Å²) >= 11 is 1.23. The number of rotatable bonds is 7. The van der Waals surface area contributed by atoms with Gasteiger partial charge in [-0.1, -0.05) is 42.8 Å². The van der Waals surface area contributed by atoms with Gasteiger partial charge in [0.15, 0.2) is 0 Å². The molecule has 0 bridgehead atoms. The first kappa shape index (κ1) is 23.4. The lowest BCUT2D eigenvalue weighted by Crippen LogP contribution is -2.31. The Bertz CT molecular complexity index is 1200. The lowest BCUT2D eigenvalue weighted by atomic mass is 10.2. The van der Waals surface area contributed by atoms with Crippen LogP contribution in [0.25, 0.3) is 5.69 Å². The summed E-state index contributed by atoms with van der Waals surface area (Å²) in [5, 5.41) is 15.1. The summed E-state index contributed by atoms with van der Waals surface area (Å²) in [6.45, 7) is 3.08. The van der Waals surface area contributed by atoms with Crippen molar-refractivity contribution in [3.8, 4) is 5.69 Å². The second-order valence-corrected chi connectivity index (χ2v) is 10.7. The van der Waals surface area contributed by atoms with Gasteiger partial charge in [0, 0.05) is 18.8 Å². The molecule has 0 unspecified atom stereocenters. The average molecular weight is 487 g/mol. The molecule has 1 N–H and O–H groups in total. The SMILES string of the molecule is Cc1ccccc1-n1nnnc1SCC(=O)Nc1ccc(S(=O)(=O)N2CCCCCC2)cc1. The van der Waals surface area contributed by atoms with E-state index < -0.39 is 10.0 Å². The van der Waals surface area contributed by atoms with Crippen LogP contribution >= 0.6 is 11.8 Å². The minimum atomic E-state index is -3.51. The molecule has 0 spiro atoms. The Labute approximate surface area is 197 Å². The van der Waals surface area contributed by atoms with E-state index in [0.717, 1.165) is 36.9 Å². The Morgan fingerprint density at radius 1 is 1.03 bits per heavy atom. The number of amides is 1. The minimum absolute atomic E-state index is 0.111. The molecule has 1 aliphatic heterocycles. The zero-order chi connectivity index (χ0) is 23.3. The van der Waals surface area contributed by atoms with Gasteiger partial charge in [-0.2, -0.15) is 8.99 Å². The van der Waals surface area contributed by atoms with Crippen LogP contribution in [0.3, 0.4) is 0 Å². The van der Waals surface area contributed by atoms with Crippen molar-refractivity contribution < 1.29 is 13.2 Å². The quantitative estimate of drug-likeness (QED) is 0.510. The first-order valence-corrected chi connectivity index (χ1v) is 13.2. The highest BCUT2D eigenvalue weighted by Gasteiger charge is 2.25. The molecule has 0 atom stereocenters. The third-order valence-corrected chi connectivity index (χ3v) is 8.29. The summed E-state index contributed by atoms with van der Waals surface area (Å²) in [7, 11) is -3.51. The number of nitrogens with one attached hydrogen (secondary N) is 1. The molecule has 3 aromatic rings.